The van der Waals surface area contributed by atoms with Gasteiger partial charge in [0.25, 0.3) is 0 Å². The molecule has 2 heteroatoms. The Morgan fingerprint density at radius 3 is 2.05 bits per heavy atom. The van der Waals surface area contributed by atoms with Crippen LogP contribution in [0.4, 0.5) is 0 Å². The van der Waals surface area contributed by atoms with E-state index in [1.807, 2.05) is 30.3 Å². The van der Waals surface area contributed by atoms with Gasteiger partial charge in [0.2, 0.25) is 0 Å². The van der Waals surface area contributed by atoms with Gasteiger partial charge < -0.3 is 4.74 Å². The molecule has 98 valence electrons. The molecule has 19 heavy (non-hydrogen) atoms. The summed E-state index contributed by atoms with van der Waals surface area (Å²) in [5.74, 6) is 11.4. The summed E-state index contributed by atoms with van der Waals surface area (Å²) in [4.78, 5) is 12.3. The van der Waals surface area contributed by atoms with Crippen molar-refractivity contribution in [3.63, 3.8) is 0 Å². The number of carbonyl (C=O) groups is 1. The summed E-state index contributed by atoms with van der Waals surface area (Å²) in [5, 5.41) is 0. The van der Waals surface area contributed by atoms with Crippen LogP contribution in [0.2, 0.25) is 0 Å². The first kappa shape index (κ1) is 14.9. The minimum Gasteiger partial charge on any atom is -0.468 e. The highest BCUT2D eigenvalue weighted by molar-refractivity contribution is 5.84. The number of rotatable bonds is 4. The molecular weight excluding hydrogens is 236 g/mol. The summed E-state index contributed by atoms with van der Waals surface area (Å²) in [7, 11) is 1.40. The van der Waals surface area contributed by atoms with Crippen molar-refractivity contribution in [2.75, 3.05) is 7.11 Å². The number of methoxy groups -OCH3 is 1. The van der Waals surface area contributed by atoms with E-state index in [-0.39, 0.29) is 5.97 Å². The van der Waals surface area contributed by atoms with Crippen molar-refractivity contribution in [3.8, 4) is 23.7 Å². The Kier molecular flexibility index (Phi) is 5.71. The zero-order chi connectivity index (χ0) is 14.1. The van der Waals surface area contributed by atoms with Crippen molar-refractivity contribution in [2.24, 2.45) is 0 Å². The third kappa shape index (κ3) is 3.39. The summed E-state index contributed by atoms with van der Waals surface area (Å²) in [6, 6.07) is 9.58. The fourth-order valence-corrected chi connectivity index (χ4v) is 1.96. The maximum atomic E-state index is 12.3. The predicted octanol–water partition coefficient (Wildman–Crippen LogP) is 2.92. The minimum atomic E-state index is -0.804. The molecule has 0 aliphatic carbocycles. The van der Waals surface area contributed by atoms with Crippen molar-refractivity contribution >= 4 is 5.97 Å². The van der Waals surface area contributed by atoms with Crippen molar-refractivity contribution in [1.29, 1.82) is 0 Å². The van der Waals surface area contributed by atoms with Crippen molar-refractivity contribution < 1.29 is 9.53 Å². The van der Waals surface area contributed by atoms with E-state index in [1.54, 1.807) is 13.8 Å². The van der Waals surface area contributed by atoms with Gasteiger partial charge in [0, 0.05) is 12.8 Å². The van der Waals surface area contributed by atoms with Crippen LogP contribution in [0.5, 0.6) is 0 Å². The molecule has 0 aliphatic rings. The quantitative estimate of drug-likeness (QED) is 0.610. The maximum absolute atomic E-state index is 12.3. The first-order valence-corrected chi connectivity index (χ1v) is 6.14. The monoisotopic (exact) mass is 254 g/mol. The Morgan fingerprint density at radius 2 is 1.63 bits per heavy atom. The zero-order valence-electron chi connectivity index (χ0n) is 11.6. The normalized spacial score (nSPS) is 9.63. The molecular formula is C17H18O2. The lowest BCUT2D eigenvalue weighted by Crippen LogP contribution is -2.36. The lowest BCUT2D eigenvalue weighted by molar-refractivity contribution is -0.147. The topological polar surface area (TPSA) is 26.3 Å². The van der Waals surface area contributed by atoms with Crippen molar-refractivity contribution in [2.45, 2.75) is 32.1 Å². The molecule has 0 amide bonds. The minimum absolute atomic E-state index is 0.288. The van der Waals surface area contributed by atoms with Crippen LogP contribution >= 0.6 is 0 Å². The van der Waals surface area contributed by atoms with E-state index in [4.69, 9.17) is 4.74 Å². The Balaban J connectivity index is 3.34. The Bertz CT molecular complexity index is 513. The van der Waals surface area contributed by atoms with Crippen LogP contribution in [0, 0.1) is 23.7 Å². The summed E-state index contributed by atoms with van der Waals surface area (Å²) in [6.45, 7) is 3.52. The van der Waals surface area contributed by atoms with Gasteiger partial charge in [0.15, 0.2) is 0 Å². The lowest BCUT2D eigenvalue weighted by atomic mass is 9.75. The molecule has 0 saturated carbocycles. The second-order valence-corrected chi connectivity index (χ2v) is 4.15. The van der Waals surface area contributed by atoms with Gasteiger partial charge in [-0.25, -0.2) is 0 Å². The number of benzene rings is 1. The van der Waals surface area contributed by atoms with Crippen LogP contribution in [-0.2, 0) is 14.9 Å². The van der Waals surface area contributed by atoms with Crippen molar-refractivity contribution in [1.82, 2.24) is 0 Å². The second kappa shape index (κ2) is 7.29. The van der Waals surface area contributed by atoms with Gasteiger partial charge >= 0.3 is 5.97 Å². The second-order valence-electron chi connectivity index (χ2n) is 4.15. The molecule has 0 aliphatic heterocycles. The SMILES string of the molecule is CC#CCC(CC#CC)(C(=O)OC)c1ccccc1. The average Bonchev–Trinajstić information content (AvgIpc) is 2.48. The molecule has 0 N–H and O–H groups in total. The number of hydrogen-bond acceptors (Lipinski definition) is 2. The lowest BCUT2D eigenvalue weighted by Gasteiger charge is -2.27. The molecule has 0 heterocycles. The van der Waals surface area contributed by atoms with Gasteiger partial charge in [-0.1, -0.05) is 30.3 Å². The zero-order valence-corrected chi connectivity index (χ0v) is 11.6. The van der Waals surface area contributed by atoms with E-state index in [1.165, 1.54) is 7.11 Å². The smallest absolute Gasteiger partial charge is 0.318 e. The van der Waals surface area contributed by atoms with Gasteiger partial charge in [-0.05, 0) is 19.4 Å². The van der Waals surface area contributed by atoms with Gasteiger partial charge in [-0.2, -0.15) is 0 Å². The predicted molar refractivity (Wildman–Crippen MR) is 76.3 cm³/mol. The fourth-order valence-electron chi connectivity index (χ4n) is 1.96. The molecule has 0 aromatic heterocycles. The third-order valence-electron chi connectivity index (χ3n) is 3.04. The highest BCUT2D eigenvalue weighted by atomic mass is 16.5. The van der Waals surface area contributed by atoms with E-state index in [9.17, 15) is 4.79 Å². The van der Waals surface area contributed by atoms with Gasteiger partial charge in [0.1, 0.15) is 5.41 Å². The van der Waals surface area contributed by atoms with Crippen LogP contribution in [0.3, 0.4) is 0 Å². The molecule has 0 spiro atoms. The van der Waals surface area contributed by atoms with Crippen LogP contribution in [0.25, 0.3) is 0 Å². The summed E-state index contributed by atoms with van der Waals surface area (Å²) >= 11 is 0. The Hall–Kier alpha value is -2.19. The Labute approximate surface area is 115 Å². The van der Waals surface area contributed by atoms with Gasteiger partial charge in [0.05, 0.1) is 7.11 Å². The molecule has 0 bridgehead atoms. The van der Waals surface area contributed by atoms with Crippen LogP contribution in [0.1, 0.15) is 32.3 Å². The largest absolute Gasteiger partial charge is 0.468 e. The van der Waals surface area contributed by atoms with E-state index < -0.39 is 5.41 Å². The standard InChI is InChI=1S/C17H18O2/c1-4-6-13-17(14-7-5-2,16(18)19-3)15-11-9-8-10-12-15/h8-12H,13-14H2,1-3H3. The number of carbonyl (C=O) groups excluding carboxylic acids is 1. The molecule has 0 saturated heterocycles. The maximum Gasteiger partial charge on any atom is 0.318 e. The molecule has 0 unspecified atom stereocenters. The van der Waals surface area contributed by atoms with Crippen LogP contribution in [-0.4, -0.2) is 13.1 Å². The van der Waals surface area contributed by atoms with E-state index in [0.29, 0.717) is 12.8 Å². The van der Waals surface area contributed by atoms with Crippen LogP contribution in [0.15, 0.2) is 30.3 Å². The molecule has 0 radical (unpaired) electrons. The first-order chi connectivity index (χ1) is 9.21. The fraction of sp³-hybridized carbons (Fsp3) is 0.353. The average molecular weight is 254 g/mol. The molecule has 1 aromatic carbocycles. The van der Waals surface area contributed by atoms with E-state index in [2.05, 4.69) is 23.7 Å². The summed E-state index contributed by atoms with van der Waals surface area (Å²) in [5.41, 5.74) is 0.0922. The first-order valence-electron chi connectivity index (χ1n) is 6.14. The highest BCUT2D eigenvalue weighted by Crippen LogP contribution is 2.32. The van der Waals surface area contributed by atoms with Crippen molar-refractivity contribution in [3.05, 3.63) is 35.9 Å². The molecule has 0 atom stereocenters. The molecule has 1 aromatic rings. The van der Waals surface area contributed by atoms with E-state index in [0.717, 1.165) is 5.56 Å². The number of ether oxygens (including phenoxy) is 1. The summed E-state index contributed by atoms with van der Waals surface area (Å²) in [6.07, 6.45) is 0.823. The Morgan fingerprint density at radius 1 is 1.11 bits per heavy atom. The molecule has 2 nitrogen and oxygen atoms in total. The third-order valence-corrected chi connectivity index (χ3v) is 3.04. The summed E-state index contributed by atoms with van der Waals surface area (Å²) < 4.78 is 4.99. The van der Waals surface area contributed by atoms with Gasteiger partial charge in [-0.15, -0.1) is 23.7 Å². The van der Waals surface area contributed by atoms with Crippen LogP contribution < -0.4 is 0 Å². The van der Waals surface area contributed by atoms with Gasteiger partial charge in [-0.3, -0.25) is 4.79 Å². The number of hydrogen-bond donors (Lipinski definition) is 0. The number of esters is 1. The highest BCUT2D eigenvalue weighted by Gasteiger charge is 2.40. The van der Waals surface area contributed by atoms with E-state index >= 15 is 0 Å². The molecule has 0 fully saturated rings. The molecule has 1 rings (SSSR count).